The minimum absolute atomic E-state index is 0.330. The highest BCUT2D eigenvalue weighted by atomic mass is 35.5. The summed E-state index contributed by atoms with van der Waals surface area (Å²) in [7, 11) is -3.63. The van der Waals surface area contributed by atoms with Crippen LogP contribution in [-0.4, -0.2) is 32.1 Å². The Morgan fingerprint density at radius 2 is 1.86 bits per heavy atom. The number of aryl methyl sites for hydroxylation is 1. The molecule has 0 bridgehead atoms. The standard InChI is InChI=1S/C20H20ClN3O3S2/c1-14-7-3-6-10-18(14)24(29(2,26)27)13-19(25)23-20-22-12-16(28-20)11-15-8-4-5-9-17(15)21/h3-10,12H,11,13H2,1-2H3,(H,22,23,25). The molecule has 9 heteroatoms. The number of hydrogen-bond acceptors (Lipinski definition) is 5. The van der Waals surface area contributed by atoms with Gasteiger partial charge < -0.3 is 5.32 Å². The Morgan fingerprint density at radius 3 is 2.55 bits per heavy atom. The minimum atomic E-state index is -3.63. The van der Waals surface area contributed by atoms with E-state index in [0.717, 1.165) is 26.6 Å². The number of benzene rings is 2. The highest BCUT2D eigenvalue weighted by molar-refractivity contribution is 7.92. The summed E-state index contributed by atoms with van der Waals surface area (Å²) in [5.74, 6) is -0.461. The predicted octanol–water partition coefficient (Wildman–Crippen LogP) is 4.10. The van der Waals surface area contributed by atoms with Gasteiger partial charge in [0.1, 0.15) is 6.54 Å². The summed E-state index contributed by atoms with van der Waals surface area (Å²) < 4.78 is 25.6. The number of hydrogen-bond donors (Lipinski definition) is 1. The van der Waals surface area contributed by atoms with E-state index in [1.807, 2.05) is 30.3 Å². The highest BCUT2D eigenvalue weighted by Crippen LogP contribution is 2.25. The lowest BCUT2D eigenvalue weighted by atomic mass is 10.1. The van der Waals surface area contributed by atoms with Crippen molar-refractivity contribution in [2.75, 3.05) is 22.4 Å². The number of amides is 1. The summed E-state index contributed by atoms with van der Waals surface area (Å²) >= 11 is 7.52. The van der Waals surface area contributed by atoms with Gasteiger partial charge in [-0.25, -0.2) is 13.4 Å². The van der Waals surface area contributed by atoms with E-state index in [9.17, 15) is 13.2 Å². The first-order valence-corrected chi connectivity index (χ1v) is 11.8. The number of para-hydroxylation sites is 1. The van der Waals surface area contributed by atoms with Gasteiger partial charge in [-0.2, -0.15) is 0 Å². The highest BCUT2D eigenvalue weighted by Gasteiger charge is 2.22. The maximum Gasteiger partial charge on any atom is 0.246 e. The monoisotopic (exact) mass is 449 g/mol. The Balaban J connectivity index is 1.71. The van der Waals surface area contributed by atoms with Crippen molar-refractivity contribution in [2.24, 2.45) is 0 Å². The van der Waals surface area contributed by atoms with E-state index in [2.05, 4.69) is 10.3 Å². The third-order valence-corrected chi connectivity index (χ3v) is 6.60. The molecule has 0 saturated heterocycles. The largest absolute Gasteiger partial charge is 0.300 e. The second-order valence-electron chi connectivity index (χ2n) is 6.50. The number of sulfonamides is 1. The molecule has 1 aromatic heterocycles. The zero-order valence-electron chi connectivity index (χ0n) is 15.9. The molecule has 0 atom stereocenters. The molecule has 3 aromatic rings. The molecule has 0 spiro atoms. The van der Waals surface area contributed by atoms with Crippen molar-refractivity contribution in [2.45, 2.75) is 13.3 Å². The lowest BCUT2D eigenvalue weighted by Crippen LogP contribution is -2.37. The molecule has 0 aliphatic carbocycles. The van der Waals surface area contributed by atoms with Gasteiger partial charge in [0.2, 0.25) is 15.9 Å². The minimum Gasteiger partial charge on any atom is -0.300 e. The molecule has 1 amide bonds. The fourth-order valence-corrected chi connectivity index (χ4v) is 4.76. The number of nitrogens with one attached hydrogen (secondary N) is 1. The quantitative estimate of drug-likeness (QED) is 0.588. The second kappa shape index (κ2) is 8.94. The Morgan fingerprint density at radius 1 is 1.17 bits per heavy atom. The third kappa shape index (κ3) is 5.56. The van der Waals surface area contributed by atoms with Gasteiger partial charge in [0.25, 0.3) is 0 Å². The topological polar surface area (TPSA) is 79.4 Å². The van der Waals surface area contributed by atoms with Crippen LogP contribution in [0.25, 0.3) is 0 Å². The first kappa shape index (κ1) is 21.3. The Hall–Kier alpha value is -2.42. The van der Waals surface area contributed by atoms with Crippen LogP contribution in [0.3, 0.4) is 0 Å². The van der Waals surface area contributed by atoms with Crippen LogP contribution >= 0.6 is 22.9 Å². The molecular formula is C20H20ClN3O3S2. The Bertz CT molecular complexity index is 1130. The molecule has 6 nitrogen and oxygen atoms in total. The SMILES string of the molecule is Cc1ccccc1N(CC(=O)Nc1ncc(Cc2ccccc2Cl)s1)S(C)(=O)=O. The fourth-order valence-electron chi connectivity index (χ4n) is 2.79. The van der Waals surface area contributed by atoms with Crippen molar-refractivity contribution in [1.29, 1.82) is 0 Å². The Labute approximate surface area is 179 Å². The summed E-state index contributed by atoms with van der Waals surface area (Å²) in [6.45, 7) is 1.47. The van der Waals surface area contributed by atoms with E-state index >= 15 is 0 Å². The smallest absolute Gasteiger partial charge is 0.246 e. The molecule has 0 aliphatic heterocycles. The molecule has 29 heavy (non-hydrogen) atoms. The molecular weight excluding hydrogens is 430 g/mol. The van der Waals surface area contributed by atoms with E-state index < -0.39 is 15.9 Å². The maximum absolute atomic E-state index is 12.5. The number of nitrogens with zero attached hydrogens (tertiary/aromatic N) is 2. The van der Waals surface area contributed by atoms with Crippen LogP contribution in [0.5, 0.6) is 0 Å². The van der Waals surface area contributed by atoms with Gasteiger partial charge in [0, 0.05) is 22.5 Å². The van der Waals surface area contributed by atoms with E-state index in [0.29, 0.717) is 22.3 Å². The predicted molar refractivity (Wildman–Crippen MR) is 118 cm³/mol. The summed E-state index contributed by atoms with van der Waals surface area (Å²) in [5, 5.41) is 3.77. The molecule has 0 saturated carbocycles. The second-order valence-corrected chi connectivity index (χ2v) is 9.93. The first-order chi connectivity index (χ1) is 13.7. The number of rotatable bonds is 7. The summed E-state index contributed by atoms with van der Waals surface area (Å²) in [5.41, 5.74) is 2.21. The molecule has 0 radical (unpaired) electrons. The normalized spacial score (nSPS) is 11.3. The van der Waals surface area contributed by atoms with Crippen LogP contribution in [0.4, 0.5) is 10.8 Å². The molecule has 0 aliphatic rings. The van der Waals surface area contributed by atoms with Gasteiger partial charge >= 0.3 is 0 Å². The maximum atomic E-state index is 12.5. The molecule has 1 N–H and O–H groups in total. The van der Waals surface area contributed by atoms with Gasteiger partial charge in [0.15, 0.2) is 5.13 Å². The summed E-state index contributed by atoms with van der Waals surface area (Å²) in [6, 6.07) is 14.6. The Kier molecular flexibility index (Phi) is 6.56. The number of thiazole rings is 1. The molecule has 152 valence electrons. The average Bonchev–Trinajstić information content (AvgIpc) is 3.08. The van der Waals surface area contributed by atoms with Gasteiger partial charge in [-0.15, -0.1) is 11.3 Å². The van der Waals surface area contributed by atoms with Gasteiger partial charge in [-0.3, -0.25) is 9.10 Å². The van der Waals surface area contributed by atoms with Crippen molar-refractivity contribution in [3.05, 3.63) is 75.8 Å². The number of carbonyl (C=O) groups excluding carboxylic acids is 1. The number of carbonyl (C=O) groups is 1. The lowest BCUT2D eigenvalue weighted by molar-refractivity contribution is -0.114. The van der Waals surface area contributed by atoms with E-state index in [1.165, 1.54) is 11.3 Å². The number of halogens is 1. The van der Waals surface area contributed by atoms with E-state index in [1.54, 1.807) is 31.3 Å². The van der Waals surface area contributed by atoms with Crippen molar-refractivity contribution in [3.63, 3.8) is 0 Å². The van der Waals surface area contributed by atoms with Gasteiger partial charge in [0.05, 0.1) is 11.9 Å². The van der Waals surface area contributed by atoms with Crippen LogP contribution in [-0.2, 0) is 21.2 Å². The van der Waals surface area contributed by atoms with Gasteiger partial charge in [-0.1, -0.05) is 48.0 Å². The van der Waals surface area contributed by atoms with Crippen LogP contribution in [0.1, 0.15) is 16.0 Å². The van der Waals surface area contributed by atoms with Crippen molar-refractivity contribution in [3.8, 4) is 0 Å². The van der Waals surface area contributed by atoms with Crippen molar-refractivity contribution >= 4 is 49.7 Å². The van der Waals surface area contributed by atoms with E-state index in [-0.39, 0.29) is 6.54 Å². The molecule has 0 fully saturated rings. The van der Waals surface area contributed by atoms with Crippen LogP contribution in [0.15, 0.2) is 54.7 Å². The molecule has 1 heterocycles. The molecule has 3 rings (SSSR count). The lowest BCUT2D eigenvalue weighted by Gasteiger charge is -2.23. The van der Waals surface area contributed by atoms with Crippen molar-refractivity contribution < 1.29 is 13.2 Å². The van der Waals surface area contributed by atoms with Crippen LogP contribution in [0, 0.1) is 6.92 Å². The average molecular weight is 450 g/mol. The summed E-state index contributed by atoms with van der Waals surface area (Å²) in [4.78, 5) is 17.7. The van der Waals surface area contributed by atoms with Crippen molar-refractivity contribution in [1.82, 2.24) is 4.98 Å². The zero-order valence-corrected chi connectivity index (χ0v) is 18.3. The molecule has 0 unspecified atom stereocenters. The summed E-state index contributed by atoms with van der Waals surface area (Å²) in [6.07, 6.45) is 3.36. The fraction of sp³-hybridized carbons (Fsp3) is 0.200. The number of anilines is 2. The van der Waals surface area contributed by atoms with Gasteiger partial charge in [-0.05, 0) is 30.2 Å². The third-order valence-electron chi connectivity index (χ3n) is 4.19. The van der Waals surface area contributed by atoms with Crippen LogP contribution in [0.2, 0.25) is 5.02 Å². The number of aromatic nitrogens is 1. The zero-order chi connectivity index (χ0) is 21.0. The molecule has 2 aromatic carbocycles. The van der Waals surface area contributed by atoms with E-state index in [4.69, 9.17) is 11.6 Å². The first-order valence-electron chi connectivity index (χ1n) is 8.75. The van der Waals surface area contributed by atoms with Crippen LogP contribution < -0.4 is 9.62 Å².